The summed E-state index contributed by atoms with van der Waals surface area (Å²) < 4.78 is 6.57. The van der Waals surface area contributed by atoms with Crippen LogP contribution in [0, 0.1) is 5.41 Å². The van der Waals surface area contributed by atoms with Crippen LogP contribution in [-0.2, 0) is 9.22 Å². The second kappa shape index (κ2) is 7.85. The number of rotatable bonds is 5. The molecule has 1 amide bonds. The van der Waals surface area contributed by atoms with Gasteiger partial charge in [-0.05, 0) is 56.3 Å². The average molecular weight is 376 g/mol. The van der Waals surface area contributed by atoms with Crippen molar-refractivity contribution in [2.45, 2.75) is 90.6 Å². The van der Waals surface area contributed by atoms with Crippen molar-refractivity contribution in [3.63, 3.8) is 0 Å². The number of benzene rings is 1. The van der Waals surface area contributed by atoms with Crippen LogP contribution in [0.2, 0.25) is 18.1 Å². The quantitative estimate of drug-likeness (QED) is 0.657. The van der Waals surface area contributed by atoms with Crippen molar-refractivity contribution >= 4 is 14.2 Å². The maximum absolute atomic E-state index is 12.9. The van der Waals surface area contributed by atoms with Crippen LogP contribution in [0.3, 0.4) is 0 Å². The molecular formula is C22H37NO2Si. The van der Waals surface area contributed by atoms with E-state index in [1.54, 1.807) is 0 Å². The molecule has 1 unspecified atom stereocenters. The highest BCUT2D eigenvalue weighted by molar-refractivity contribution is 6.74. The first-order chi connectivity index (χ1) is 11.9. The molecule has 1 aromatic carbocycles. The molecule has 1 fully saturated rings. The normalized spacial score (nSPS) is 25.6. The summed E-state index contributed by atoms with van der Waals surface area (Å²) in [5.74, 6) is 0.180. The molecule has 0 aromatic heterocycles. The molecule has 1 saturated carbocycles. The Hall–Kier alpha value is -1.13. The topological polar surface area (TPSA) is 38.3 Å². The lowest BCUT2D eigenvalue weighted by Gasteiger charge is -2.43. The lowest BCUT2D eigenvalue weighted by atomic mass is 9.74. The van der Waals surface area contributed by atoms with Gasteiger partial charge in [0.2, 0.25) is 5.91 Å². The van der Waals surface area contributed by atoms with Gasteiger partial charge in [-0.3, -0.25) is 4.79 Å². The lowest BCUT2D eigenvalue weighted by Crippen LogP contribution is -2.47. The number of nitrogens with one attached hydrogen (secondary N) is 1. The van der Waals surface area contributed by atoms with Gasteiger partial charge >= 0.3 is 0 Å². The van der Waals surface area contributed by atoms with Crippen molar-refractivity contribution in [1.29, 1.82) is 0 Å². The van der Waals surface area contributed by atoms with E-state index in [1.165, 1.54) is 0 Å². The van der Waals surface area contributed by atoms with Crippen molar-refractivity contribution < 1.29 is 9.22 Å². The van der Waals surface area contributed by atoms with Crippen LogP contribution in [0.4, 0.5) is 0 Å². The summed E-state index contributed by atoms with van der Waals surface area (Å²) in [6, 6.07) is 10.2. The number of hydrogen-bond acceptors (Lipinski definition) is 2. The zero-order valence-electron chi connectivity index (χ0n) is 17.7. The molecule has 1 aliphatic carbocycles. The lowest BCUT2D eigenvalue weighted by molar-refractivity contribution is -0.133. The molecule has 4 heteroatoms. The van der Waals surface area contributed by atoms with Crippen LogP contribution in [0.1, 0.15) is 71.9 Å². The molecular weight excluding hydrogens is 338 g/mol. The summed E-state index contributed by atoms with van der Waals surface area (Å²) >= 11 is 0. The Labute approximate surface area is 161 Å². The van der Waals surface area contributed by atoms with Crippen LogP contribution < -0.4 is 5.32 Å². The molecule has 0 bridgehead atoms. The fourth-order valence-electron chi connectivity index (χ4n) is 3.36. The van der Waals surface area contributed by atoms with E-state index < -0.39 is 8.32 Å². The Bertz CT molecular complexity index is 598. The minimum absolute atomic E-state index is 0.0433. The standard InChI is InChI=1S/C22H37NO2Si/c1-17(18-11-9-8-10-12-18)23-20(24)22(5)15-13-19(14-16-22)25-26(6,7)21(2,3)4/h8-12,17,19H,13-16H2,1-7H3,(H,23,24). The van der Waals surface area contributed by atoms with Gasteiger partial charge in [-0.1, -0.05) is 58.0 Å². The Morgan fingerprint density at radius 2 is 1.73 bits per heavy atom. The molecule has 1 aliphatic rings. The third-order valence-corrected chi connectivity index (χ3v) is 11.0. The highest BCUT2D eigenvalue weighted by Gasteiger charge is 2.43. The molecule has 0 radical (unpaired) electrons. The van der Waals surface area contributed by atoms with Crippen LogP contribution in [-0.4, -0.2) is 20.3 Å². The summed E-state index contributed by atoms with van der Waals surface area (Å²) in [5, 5.41) is 3.46. The summed E-state index contributed by atoms with van der Waals surface area (Å²) in [5.41, 5.74) is 0.871. The third kappa shape index (κ3) is 4.98. The zero-order valence-corrected chi connectivity index (χ0v) is 18.7. The Balaban J connectivity index is 1.91. The first-order valence-corrected chi connectivity index (χ1v) is 12.9. The SMILES string of the molecule is CC(NC(=O)C1(C)CCC(O[Si](C)(C)C(C)(C)C)CC1)c1ccccc1. The minimum atomic E-state index is -1.74. The van der Waals surface area contributed by atoms with E-state index in [4.69, 9.17) is 4.43 Å². The first-order valence-electron chi connectivity index (χ1n) is 9.98. The molecule has 1 N–H and O–H groups in total. The summed E-state index contributed by atoms with van der Waals surface area (Å²) in [6.45, 7) is 15.6. The summed E-state index contributed by atoms with van der Waals surface area (Å²) in [7, 11) is -1.74. The van der Waals surface area contributed by atoms with E-state index in [9.17, 15) is 4.79 Å². The van der Waals surface area contributed by atoms with Gasteiger partial charge in [-0.2, -0.15) is 0 Å². The van der Waals surface area contributed by atoms with Crippen LogP contribution >= 0.6 is 0 Å². The van der Waals surface area contributed by atoms with E-state index in [-0.39, 0.29) is 22.4 Å². The Kier molecular flexibility index (Phi) is 6.39. The van der Waals surface area contributed by atoms with E-state index in [0.717, 1.165) is 31.2 Å². The fraction of sp³-hybridized carbons (Fsp3) is 0.682. The Morgan fingerprint density at radius 1 is 1.19 bits per heavy atom. The van der Waals surface area contributed by atoms with Gasteiger partial charge in [0.1, 0.15) is 0 Å². The molecule has 0 aliphatic heterocycles. The van der Waals surface area contributed by atoms with Gasteiger partial charge in [-0.25, -0.2) is 0 Å². The largest absolute Gasteiger partial charge is 0.414 e. The molecule has 0 spiro atoms. The summed E-state index contributed by atoms with van der Waals surface area (Å²) in [4.78, 5) is 12.9. The second-order valence-electron chi connectivity index (χ2n) is 9.74. The molecule has 0 heterocycles. The zero-order chi connectivity index (χ0) is 19.6. The highest BCUT2D eigenvalue weighted by Crippen LogP contribution is 2.42. The predicted molar refractivity (Wildman–Crippen MR) is 112 cm³/mol. The van der Waals surface area contributed by atoms with Crippen molar-refractivity contribution in [2.24, 2.45) is 5.41 Å². The van der Waals surface area contributed by atoms with Crippen molar-refractivity contribution in [3.8, 4) is 0 Å². The van der Waals surface area contributed by atoms with Crippen LogP contribution in [0.15, 0.2) is 30.3 Å². The highest BCUT2D eigenvalue weighted by atomic mass is 28.4. The summed E-state index contributed by atoms with van der Waals surface area (Å²) in [6.07, 6.45) is 4.08. The van der Waals surface area contributed by atoms with Crippen molar-refractivity contribution in [2.75, 3.05) is 0 Å². The van der Waals surface area contributed by atoms with Crippen LogP contribution in [0.5, 0.6) is 0 Å². The molecule has 3 nitrogen and oxygen atoms in total. The van der Waals surface area contributed by atoms with Crippen molar-refractivity contribution in [1.82, 2.24) is 5.32 Å². The minimum Gasteiger partial charge on any atom is -0.414 e. The van der Waals surface area contributed by atoms with Gasteiger partial charge in [0.25, 0.3) is 0 Å². The smallest absolute Gasteiger partial charge is 0.226 e. The molecule has 26 heavy (non-hydrogen) atoms. The Morgan fingerprint density at radius 3 is 2.23 bits per heavy atom. The molecule has 146 valence electrons. The van der Waals surface area contributed by atoms with E-state index in [0.29, 0.717) is 6.10 Å². The maximum Gasteiger partial charge on any atom is 0.226 e. The molecule has 2 rings (SSSR count). The molecule has 0 saturated heterocycles. The molecule has 1 atom stereocenters. The van der Waals surface area contributed by atoms with Gasteiger partial charge < -0.3 is 9.74 Å². The number of amides is 1. The number of hydrogen-bond donors (Lipinski definition) is 1. The monoisotopic (exact) mass is 375 g/mol. The second-order valence-corrected chi connectivity index (χ2v) is 14.5. The van der Waals surface area contributed by atoms with E-state index in [1.807, 2.05) is 18.2 Å². The molecule has 1 aromatic rings. The van der Waals surface area contributed by atoms with Gasteiger partial charge in [0.05, 0.1) is 6.04 Å². The average Bonchev–Trinajstić information content (AvgIpc) is 2.56. The van der Waals surface area contributed by atoms with E-state index >= 15 is 0 Å². The van der Waals surface area contributed by atoms with Crippen LogP contribution in [0.25, 0.3) is 0 Å². The van der Waals surface area contributed by atoms with Gasteiger partial charge in [0.15, 0.2) is 8.32 Å². The predicted octanol–water partition coefficient (Wildman–Crippen LogP) is 5.83. The van der Waals surface area contributed by atoms with E-state index in [2.05, 4.69) is 65.2 Å². The number of carbonyl (C=O) groups excluding carboxylic acids is 1. The maximum atomic E-state index is 12.9. The van der Waals surface area contributed by atoms with Gasteiger partial charge in [-0.15, -0.1) is 0 Å². The van der Waals surface area contributed by atoms with Gasteiger partial charge in [0, 0.05) is 11.5 Å². The first kappa shape index (κ1) is 21.2. The fourth-order valence-corrected chi connectivity index (χ4v) is 4.79. The third-order valence-electron chi connectivity index (χ3n) is 6.50. The van der Waals surface area contributed by atoms with Crippen molar-refractivity contribution in [3.05, 3.63) is 35.9 Å². The number of carbonyl (C=O) groups is 1.